The smallest absolute Gasteiger partial charge is 0.338 e. The van der Waals surface area contributed by atoms with Crippen LogP contribution in [0.25, 0.3) is 0 Å². The van der Waals surface area contributed by atoms with Gasteiger partial charge in [-0.2, -0.15) is 0 Å². The van der Waals surface area contributed by atoms with Crippen molar-refractivity contribution in [3.63, 3.8) is 0 Å². The van der Waals surface area contributed by atoms with Crippen molar-refractivity contribution in [2.75, 3.05) is 11.5 Å². The molecule has 1 fully saturated rings. The summed E-state index contributed by atoms with van der Waals surface area (Å²) in [6.07, 6.45) is 1.28. The molecular weight excluding hydrogens is 346 g/mol. The molecule has 2 aromatic rings. The first-order chi connectivity index (χ1) is 13.0. The molecule has 138 valence electrons. The van der Waals surface area contributed by atoms with Gasteiger partial charge in [-0.3, -0.25) is 19.3 Å². The van der Waals surface area contributed by atoms with Crippen molar-refractivity contribution in [3.05, 3.63) is 65.2 Å². The number of hydrogen-bond donors (Lipinski definition) is 0. The molecule has 2 aromatic carbocycles. The van der Waals surface area contributed by atoms with Crippen LogP contribution in [0.15, 0.2) is 48.5 Å². The molecule has 0 saturated carbocycles. The summed E-state index contributed by atoms with van der Waals surface area (Å²) < 4.78 is 5.07. The van der Waals surface area contributed by atoms with Crippen LogP contribution >= 0.6 is 0 Å². The maximum Gasteiger partial charge on any atom is 0.338 e. The summed E-state index contributed by atoms with van der Waals surface area (Å²) >= 11 is 0. The number of amides is 2. The Hall–Kier alpha value is -3.28. The van der Waals surface area contributed by atoms with Crippen LogP contribution in [0.5, 0.6) is 0 Å². The van der Waals surface area contributed by atoms with Gasteiger partial charge in [0.2, 0.25) is 11.8 Å². The highest BCUT2D eigenvalue weighted by Gasteiger charge is 2.30. The Morgan fingerprint density at radius 2 is 1.44 bits per heavy atom. The van der Waals surface area contributed by atoms with Gasteiger partial charge in [-0.15, -0.1) is 0 Å². The molecule has 0 aliphatic carbocycles. The zero-order valence-corrected chi connectivity index (χ0v) is 14.9. The van der Waals surface area contributed by atoms with Gasteiger partial charge in [0, 0.05) is 18.4 Å². The fourth-order valence-corrected chi connectivity index (χ4v) is 2.84. The van der Waals surface area contributed by atoms with Gasteiger partial charge in [0.25, 0.3) is 0 Å². The van der Waals surface area contributed by atoms with E-state index in [0.717, 1.165) is 16.9 Å². The normalized spacial score (nSPS) is 13.7. The van der Waals surface area contributed by atoms with Crippen LogP contribution in [0.3, 0.4) is 0 Å². The number of anilines is 1. The second kappa shape index (κ2) is 7.95. The van der Waals surface area contributed by atoms with Crippen molar-refractivity contribution < 1.29 is 23.9 Å². The van der Waals surface area contributed by atoms with Crippen LogP contribution in [0, 0.1) is 0 Å². The molecule has 27 heavy (non-hydrogen) atoms. The number of benzene rings is 2. The van der Waals surface area contributed by atoms with Crippen molar-refractivity contribution >= 4 is 29.3 Å². The molecule has 1 saturated heterocycles. The third-order valence-electron chi connectivity index (χ3n) is 4.43. The van der Waals surface area contributed by atoms with Crippen molar-refractivity contribution in [1.82, 2.24) is 0 Å². The molecule has 0 spiro atoms. The topological polar surface area (TPSA) is 80.8 Å². The highest BCUT2D eigenvalue weighted by molar-refractivity contribution is 6.19. The van der Waals surface area contributed by atoms with Gasteiger partial charge in [-0.05, 0) is 36.2 Å². The fourth-order valence-electron chi connectivity index (χ4n) is 2.84. The van der Waals surface area contributed by atoms with Gasteiger partial charge in [-0.1, -0.05) is 31.2 Å². The molecule has 1 aliphatic rings. The lowest BCUT2D eigenvalue weighted by atomic mass is 10.1. The van der Waals surface area contributed by atoms with Gasteiger partial charge in [0.1, 0.15) is 0 Å². The minimum absolute atomic E-state index is 0.198. The molecule has 0 unspecified atom stereocenters. The molecule has 0 aromatic heterocycles. The summed E-state index contributed by atoms with van der Waals surface area (Å²) in [5, 5.41) is 0. The van der Waals surface area contributed by atoms with Crippen LogP contribution in [0.2, 0.25) is 0 Å². The number of ether oxygens (including phenoxy) is 1. The van der Waals surface area contributed by atoms with Crippen LogP contribution < -0.4 is 4.90 Å². The Morgan fingerprint density at radius 1 is 0.889 bits per heavy atom. The highest BCUT2D eigenvalue weighted by Crippen LogP contribution is 2.23. The lowest BCUT2D eigenvalue weighted by Crippen LogP contribution is -2.28. The quantitative estimate of drug-likeness (QED) is 0.447. The second-order valence-electron chi connectivity index (χ2n) is 6.22. The third kappa shape index (κ3) is 4.11. The lowest BCUT2D eigenvalue weighted by Gasteiger charge is -2.14. The predicted octanol–water partition coefficient (Wildman–Crippen LogP) is 2.94. The Bertz CT molecular complexity index is 868. The van der Waals surface area contributed by atoms with E-state index in [1.165, 1.54) is 24.3 Å². The number of carbonyl (C=O) groups is 4. The molecule has 6 nitrogen and oxygen atoms in total. The summed E-state index contributed by atoms with van der Waals surface area (Å²) in [4.78, 5) is 48.8. The number of esters is 1. The van der Waals surface area contributed by atoms with Crippen LogP contribution in [0.4, 0.5) is 5.69 Å². The summed E-state index contributed by atoms with van der Waals surface area (Å²) in [5.74, 6) is -1.43. The molecular formula is C21H19NO5. The van der Waals surface area contributed by atoms with Gasteiger partial charge in [-0.25, -0.2) is 4.79 Å². The summed E-state index contributed by atoms with van der Waals surface area (Å²) in [5.41, 5.74) is 2.28. The fraction of sp³-hybridized carbons (Fsp3) is 0.238. The zero-order valence-electron chi connectivity index (χ0n) is 14.9. The standard InChI is InChI=1S/C21H19NO5/c1-2-14-3-5-15(6-4-14)18(23)13-27-21(26)16-7-9-17(10-8-16)22-19(24)11-12-20(22)25/h3-10H,2,11-13H2,1H3. The number of Topliss-reactive ketones (excluding diaryl/α,β-unsaturated/α-hetero) is 1. The molecule has 0 atom stereocenters. The van der Waals surface area contributed by atoms with E-state index in [9.17, 15) is 19.2 Å². The number of nitrogens with zero attached hydrogens (tertiary/aromatic N) is 1. The van der Waals surface area contributed by atoms with Gasteiger partial charge in [0.05, 0.1) is 11.3 Å². The number of aryl methyl sites for hydroxylation is 1. The monoisotopic (exact) mass is 365 g/mol. The highest BCUT2D eigenvalue weighted by atomic mass is 16.5. The van der Waals surface area contributed by atoms with Crippen LogP contribution in [0.1, 0.15) is 46.0 Å². The van der Waals surface area contributed by atoms with Crippen molar-refractivity contribution in [2.24, 2.45) is 0 Å². The Morgan fingerprint density at radius 3 is 2.00 bits per heavy atom. The molecule has 0 radical (unpaired) electrons. The van der Waals surface area contributed by atoms with Gasteiger partial charge in [0.15, 0.2) is 12.4 Å². The average molecular weight is 365 g/mol. The number of hydrogen-bond acceptors (Lipinski definition) is 5. The molecule has 3 rings (SSSR count). The summed E-state index contributed by atoms with van der Waals surface area (Å²) in [6, 6.07) is 13.1. The van der Waals surface area contributed by atoms with Crippen molar-refractivity contribution in [3.8, 4) is 0 Å². The van der Waals surface area contributed by atoms with Crippen molar-refractivity contribution in [2.45, 2.75) is 26.2 Å². The first kappa shape index (κ1) is 18.5. The number of imide groups is 1. The first-order valence-corrected chi connectivity index (χ1v) is 8.74. The van der Waals surface area contributed by atoms with E-state index in [0.29, 0.717) is 11.3 Å². The van der Waals surface area contributed by atoms with Crippen molar-refractivity contribution in [1.29, 1.82) is 0 Å². The Balaban J connectivity index is 1.60. The minimum atomic E-state index is -0.640. The van der Waals surface area contributed by atoms with Gasteiger partial charge < -0.3 is 4.74 Å². The van der Waals surface area contributed by atoms with Crippen LogP contribution in [-0.4, -0.2) is 30.2 Å². The predicted molar refractivity (Wildman–Crippen MR) is 98.6 cm³/mol. The lowest BCUT2D eigenvalue weighted by molar-refractivity contribution is -0.121. The Labute approximate surface area is 156 Å². The van der Waals surface area contributed by atoms with E-state index in [1.54, 1.807) is 12.1 Å². The minimum Gasteiger partial charge on any atom is -0.454 e. The van der Waals surface area contributed by atoms with E-state index < -0.39 is 5.97 Å². The SMILES string of the molecule is CCc1ccc(C(=O)COC(=O)c2ccc(N3C(=O)CCC3=O)cc2)cc1. The maximum atomic E-state index is 12.1. The molecule has 0 N–H and O–H groups in total. The number of rotatable bonds is 6. The van der Waals surface area contributed by atoms with Gasteiger partial charge >= 0.3 is 5.97 Å². The summed E-state index contributed by atoms with van der Waals surface area (Å²) in [7, 11) is 0. The molecule has 2 amide bonds. The molecule has 6 heteroatoms. The number of ketones is 1. The van der Waals surface area contributed by atoms with E-state index in [2.05, 4.69) is 0 Å². The zero-order chi connectivity index (χ0) is 19.4. The number of carbonyl (C=O) groups excluding carboxylic acids is 4. The summed E-state index contributed by atoms with van der Waals surface area (Å²) in [6.45, 7) is 1.68. The van der Waals surface area contributed by atoms with E-state index in [4.69, 9.17) is 4.74 Å². The molecule has 1 aliphatic heterocycles. The maximum absolute atomic E-state index is 12.1. The van der Waals surface area contributed by atoms with E-state index in [1.807, 2.05) is 19.1 Å². The third-order valence-corrected chi connectivity index (χ3v) is 4.43. The second-order valence-corrected chi connectivity index (χ2v) is 6.22. The van der Waals surface area contributed by atoms with E-state index in [-0.39, 0.29) is 42.6 Å². The van der Waals surface area contributed by atoms with E-state index >= 15 is 0 Å². The largest absolute Gasteiger partial charge is 0.454 e. The molecule has 0 bridgehead atoms. The Kier molecular flexibility index (Phi) is 5.45. The first-order valence-electron chi connectivity index (χ1n) is 8.74. The average Bonchev–Trinajstić information content (AvgIpc) is 3.04. The molecule has 1 heterocycles. The van der Waals surface area contributed by atoms with Crippen LogP contribution in [-0.2, 0) is 20.7 Å².